The zero-order valence-corrected chi connectivity index (χ0v) is 11.5. The van der Waals surface area contributed by atoms with Gasteiger partial charge in [0.05, 0.1) is 5.69 Å². The molecule has 0 atom stereocenters. The molecule has 0 aliphatic carbocycles. The van der Waals surface area contributed by atoms with Gasteiger partial charge in [-0.1, -0.05) is 26.0 Å². The highest BCUT2D eigenvalue weighted by Crippen LogP contribution is 2.24. The van der Waals surface area contributed by atoms with Crippen LogP contribution in [-0.4, -0.2) is 15.9 Å². The average molecular weight is 257 g/mol. The molecule has 1 heterocycles. The molecule has 0 saturated carbocycles. The number of nitrogens with two attached hydrogens (primary N) is 1. The molecular weight excluding hydrogens is 238 g/mol. The minimum Gasteiger partial charge on any atom is -0.366 e. The predicted octanol–water partition coefficient (Wildman–Crippen LogP) is 2.68. The second-order valence-corrected chi connectivity index (χ2v) is 5.19. The first-order valence-corrected chi connectivity index (χ1v) is 6.43. The first kappa shape index (κ1) is 13.3. The number of benzene rings is 1. The van der Waals surface area contributed by atoms with Gasteiger partial charge in [0, 0.05) is 16.8 Å². The molecule has 1 aromatic carbocycles. The zero-order chi connectivity index (χ0) is 14.0. The lowest BCUT2D eigenvalue weighted by Gasteiger charge is -2.06. The largest absolute Gasteiger partial charge is 0.366 e. The van der Waals surface area contributed by atoms with Crippen molar-refractivity contribution in [3.63, 3.8) is 0 Å². The summed E-state index contributed by atoms with van der Waals surface area (Å²) in [5, 5.41) is 0. The number of aromatic amines is 1. The number of imidazole rings is 1. The summed E-state index contributed by atoms with van der Waals surface area (Å²) in [5.74, 6) is 1.06. The fourth-order valence-corrected chi connectivity index (χ4v) is 2.13. The predicted molar refractivity (Wildman–Crippen MR) is 75.8 cm³/mol. The number of aryl methyl sites for hydroxylation is 1. The maximum absolute atomic E-state index is 11.1. The molecule has 0 bridgehead atoms. The van der Waals surface area contributed by atoms with Gasteiger partial charge in [0.15, 0.2) is 0 Å². The molecular formula is C15H19N3O. The molecule has 100 valence electrons. The van der Waals surface area contributed by atoms with Gasteiger partial charge >= 0.3 is 0 Å². The number of nitrogens with one attached hydrogen (secondary N) is 1. The van der Waals surface area contributed by atoms with Gasteiger partial charge in [-0.05, 0) is 31.4 Å². The lowest BCUT2D eigenvalue weighted by Crippen LogP contribution is -2.10. The lowest BCUT2D eigenvalue weighted by molar-refractivity contribution is 0.100. The van der Waals surface area contributed by atoms with Crippen LogP contribution in [0.5, 0.6) is 0 Å². The van der Waals surface area contributed by atoms with Crippen LogP contribution in [0.2, 0.25) is 0 Å². The third kappa shape index (κ3) is 3.02. The van der Waals surface area contributed by atoms with Crippen LogP contribution < -0.4 is 5.73 Å². The quantitative estimate of drug-likeness (QED) is 0.883. The van der Waals surface area contributed by atoms with E-state index in [1.54, 1.807) is 12.1 Å². The molecule has 0 unspecified atom stereocenters. The summed E-state index contributed by atoms with van der Waals surface area (Å²) in [7, 11) is 0. The van der Waals surface area contributed by atoms with Gasteiger partial charge < -0.3 is 10.7 Å². The fourth-order valence-electron chi connectivity index (χ4n) is 2.13. The van der Waals surface area contributed by atoms with Crippen LogP contribution in [0.15, 0.2) is 24.3 Å². The Hall–Kier alpha value is -2.10. The van der Waals surface area contributed by atoms with Crippen molar-refractivity contribution in [2.24, 2.45) is 11.7 Å². The summed E-state index contributed by atoms with van der Waals surface area (Å²) in [6, 6.07) is 7.25. The first-order valence-electron chi connectivity index (χ1n) is 6.43. The van der Waals surface area contributed by atoms with Crippen LogP contribution in [0.1, 0.15) is 35.7 Å². The molecule has 1 aromatic heterocycles. The van der Waals surface area contributed by atoms with Crippen molar-refractivity contribution in [3.05, 3.63) is 41.3 Å². The number of hydrogen-bond donors (Lipinski definition) is 2. The van der Waals surface area contributed by atoms with Crippen LogP contribution in [0, 0.1) is 12.8 Å². The van der Waals surface area contributed by atoms with Gasteiger partial charge in [-0.25, -0.2) is 4.98 Å². The molecule has 19 heavy (non-hydrogen) atoms. The van der Waals surface area contributed by atoms with E-state index < -0.39 is 5.91 Å². The van der Waals surface area contributed by atoms with Crippen molar-refractivity contribution in [1.29, 1.82) is 0 Å². The van der Waals surface area contributed by atoms with E-state index in [-0.39, 0.29) is 0 Å². The highest BCUT2D eigenvalue weighted by atomic mass is 16.1. The fraction of sp³-hybridized carbons (Fsp3) is 0.333. The lowest BCUT2D eigenvalue weighted by atomic mass is 10.0. The maximum atomic E-state index is 11.1. The van der Waals surface area contributed by atoms with Crippen LogP contribution >= 0.6 is 0 Å². The van der Waals surface area contributed by atoms with E-state index in [9.17, 15) is 4.79 Å². The minimum absolute atomic E-state index is 0.410. The van der Waals surface area contributed by atoms with E-state index in [2.05, 4.69) is 23.8 Å². The average Bonchev–Trinajstić information content (AvgIpc) is 2.69. The van der Waals surface area contributed by atoms with Gasteiger partial charge in [-0.15, -0.1) is 0 Å². The van der Waals surface area contributed by atoms with Crippen molar-refractivity contribution in [3.8, 4) is 11.3 Å². The van der Waals surface area contributed by atoms with E-state index >= 15 is 0 Å². The van der Waals surface area contributed by atoms with Crippen LogP contribution in [0.4, 0.5) is 0 Å². The second-order valence-electron chi connectivity index (χ2n) is 5.19. The molecule has 0 saturated heterocycles. The highest BCUT2D eigenvalue weighted by Gasteiger charge is 2.12. The minimum atomic E-state index is -0.410. The smallest absolute Gasteiger partial charge is 0.248 e. The number of hydrogen-bond acceptors (Lipinski definition) is 2. The molecule has 1 amide bonds. The van der Waals surface area contributed by atoms with Crippen LogP contribution in [0.3, 0.4) is 0 Å². The van der Waals surface area contributed by atoms with E-state index in [0.717, 1.165) is 29.2 Å². The SMILES string of the molecule is Cc1nc(-c2ccc(C(N)=O)cc2)c(CC(C)C)[nH]1. The molecule has 4 heteroatoms. The van der Waals surface area contributed by atoms with Crippen LogP contribution in [0.25, 0.3) is 11.3 Å². The number of amides is 1. The number of rotatable bonds is 4. The maximum Gasteiger partial charge on any atom is 0.248 e. The Balaban J connectivity index is 2.38. The molecule has 3 N–H and O–H groups in total. The molecule has 0 fully saturated rings. The molecule has 2 aromatic rings. The molecule has 0 aliphatic heterocycles. The summed E-state index contributed by atoms with van der Waals surface area (Å²) >= 11 is 0. The van der Waals surface area contributed by atoms with E-state index in [1.807, 2.05) is 19.1 Å². The Morgan fingerprint density at radius 2 is 1.95 bits per heavy atom. The van der Waals surface area contributed by atoms with Gasteiger partial charge in [0.2, 0.25) is 5.91 Å². The summed E-state index contributed by atoms with van der Waals surface area (Å²) in [5.41, 5.74) is 8.86. The monoisotopic (exact) mass is 257 g/mol. The summed E-state index contributed by atoms with van der Waals surface area (Å²) in [6.07, 6.45) is 0.952. The van der Waals surface area contributed by atoms with Crippen molar-refractivity contribution in [2.45, 2.75) is 27.2 Å². The van der Waals surface area contributed by atoms with Gasteiger partial charge in [-0.3, -0.25) is 4.79 Å². The Morgan fingerprint density at radius 1 is 1.32 bits per heavy atom. The van der Waals surface area contributed by atoms with E-state index in [1.165, 1.54) is 0 Å². The Labute approximate surface area is 113 Å². The Kier molecular flexibility index (Phi) is 3.69. The number of H-pyrrole nitrogens is 1. The number of nitrogens with zero attached hydrogens (tertiary/aromatic N) is 1. The standard InChI is InChI=1S/C15H19N3O/c1-9(2)8-13-14(18-10(3)17-13)11-4-6-12(7-5-11)15(16)19/h4-7,9H,8H2,1-3H3,(H2,16,19)(H,17,18). The number of aromatic nitrogens is 2. The normalized spacial score (nSPS) is 10.9. The van der Waals surface area contributed by atoms with E-state index in [4.69, 9.17) is 5.73 Å². The van der Waals surface area contributed by atoms with Crippen molar-refractivity contribution >= 4 is 5.91 Å². The Bertz CT molecular complexity index is 582. The van der Waals surface area contributed by atoms with Crippen molar-refractivity contribution in [2.75, 3.05) is 0 Å². The number of carbonyl (C=O) groups excluding carboxylic acids is 1. The van der Waals surface area contributed by atoms with Gasteiger partial charge in [0.1, 0.15) is 5.82 Å². The first-order chi connectivity index (χ1) is 8.97. The molecule has 0 radical (unpaired) electrons. The summed E-state index contributed by atoms with van der Waals surface area (Å²) in [4.78, 5) is 18.9. The third-order valence-electron chi connectivity index (χ3n) is 2.95. The zero-order valence-electron chi connectivity index (χ0n) is 11.5. The molecule has 2 rings (SSSR count). The summed E-state index contributed by atoms with van der Waals surface area (Å²) in [6.45, 7) is 6.30. The topological polar surface area (TPSA) is 71.8 Å². The molecule has 4 nitrogen and oxygen atoms in total. The van der Waals surface area contributed by atoms with Crippen LogP contribution in [-0.2, 0) is 6.42 Å². The summed E-state index contributed by atoms with van der Waals surface area (Å²) < 4.78 is 0. The molecule has 0 spiro atoms. The Morgan fingerprint density at radius 3 is 2.47 bits per heavy atom. The molecule has 0 aliphatic rings. The van der Waals surface area contributed by atoms with Gasteiger partial charge in [-0.2, -0.15) is 0 Å². The second kappa shape index (κ2) is 5.26. The number of primary amides is 1. The highest BCUT2D eigenvalue weighted by molar-refractivity contribution is 5.93. The third-order valence-corrected chi connectivity index (χ3v) is 2.95. The van der Waals surface area contributed by atoms with E-state index in [0.29, 0.717) is 11.5 Å². The van der Waals surface area contributed by atoms with Crippen molar-refractivity contribution in [1.82, 2.24) is 9.97 Å². The van der Waals surface area contributed by atoms with Crippen molar-refractivity contribution < 1.29 is 4.79 Å². The van der Waals surface area contributed by atoms with Gasteiger partial charge in [0.25, 0.3) is 0 Å². The number of carbonyl (C=O) groups is 1.